The summed E-state index contributed by atoms with van der Waals surface area (Å²) in [5, 5.41) is 20.9. The van der Waals surface area contributed by atoms with Crippen LogP contribution in [0, 0.1) is 5.92 Å². The van der Waals surface area contributed by atoms with Gasteiger partial charge in [0.1, 0.15) is 0 Å². The summed E-state index contributed by atoms with van der Waals surface area (Å²) in [5.74, 6) is -2.39. The maximum Gasteiger partial charge on any atom is 1.00 e. The van der Waals surface area contributed by atoms with Crippen LogP contribution in [0.5, 0.6) is 0 Å². The molecule has 0 rings (SSSR count). The van der Waals surface area contributed by atoms with Crippen molar-refractivity contribution in [3.8, 4) is 0 Å². The molecule has 0 fully saturated rings. The van der Waals surface area contributed by atoms with E-state index in [-0.39, 0.29) is 71.5 Å². The van der Waals surface area contributed by atoms with Gasteiger partial charge in [0.2, 0.25) is 0 Å². The summed E-state index contributed by atoms with van der Waals surface area (Å²) >= 11 is 0. The van der Waals surface area contributed by atoms with Crippen molar-refractivity contribution in [1.82, 2.24) is 0 Å². The molecule has 0 radical (unpaired) electrons. The number of rotatable bonds is 10. The van der Waals surface area contributed by atoms with Crippen molar-refractivity contribution in [2.24, 2.45) is 5.92 Å². The van der Waals surface area contributed by atoms with Gasteiger partial charge in [0.15, 0.2) is 0 Å². The zero-order chi connectivity index (χ0) is 12.4. The average molecular weight is 274 g/mol. The van der Waals surface area contributed by atoms with E-state index in [0.717, 1.165) is 25.7 Å². The molecule has 0 spiro atoms. The molecule has 0 amide bonds. The normalized spacial score (nSPS) is 10.9. The summed E-state index contributed by atoms with van der Waals surface area (Å²) in [5.41, 5.74) is 0. The number of carboxylic acids is 2. The molecule has 0 aromatic carbocycles. The Bertz CT molecular complexity index is 222. The predicted molar refractivity (Wildman–Crippen MR) is 56.1 cm³/mol. The van der Waals surface area contributed by atoms with Crippen LogP contribution in [0.3, 0.4) is 0 Å². The Morgan fingerprint density at radius 3 is 1.94 bits per heavy atom. The van der Waals surface area contributed by atoms with E-state index in [0.29, 0.717) is 19.3 Å². The Labute approximate surface area is 153 Å². The van der Waals surface area contributed by atoms with Gasteiger partial charge in [-0.1, -0.05) is 32.6 Å². The number of carbonyl (C=O) groups excluding carboxylic acids is 2. The zero-order valence-corrected chi connectivity index (χ0v) is 15.9. The molecule has 0 N–H and O–H groups in total. The first-order valence-corrected chi connectivity index (χ1v) is 5.98. The minimum atomic E-state index is -1.04. The van der Waals surface area contributed by atoms with Gasteiger partial charge in [-0.05, 0) is 31.6 Å². The summed E-state index contributed by atoms with van der Waals surface area (Å²) < 4.78 is 0. The SMILES string of the molecule is CCCCC(CCCCCC(=O)[O-])C(=O)[O-].[Na+].[Na+]. The van der Waals surface area contributed by atoms with Crippen molar-refractivity contribution in [1.29, 1.82) is 0 Å². The first-order chi connectivity index (χ1) is 7.57. The predicted octanol–water partition coefficient (Wildman–Crippen LogP) is -5.75. The Morgan fingerprint density at radius 2 is 1.50 bits per heavy atom. The van der Waals surface area contributed by atoms with Crippen LogP contribution in [0.1, 0.15) is 58.3 Å². The number of unbranched alkanes of at least 4 members (excludes halogenated alkanes) is 3. The number of carbonyl (C=O) groups is 2. The van der Waals surface area contributed by atoms with Crippen molar-refractivity contribution in [3.05, 3.63) is 0 Å². The molecule has 0 aliphatic rings. The Hall–Kier alpha value is 0.940. The van der Waals surface area contributed by atoms with Crippen LogP contribution in [0.2, 0.25) is 0 Å². The van der Waals surface area contributed by atoms with Crippen LogP contribution in [-0.2, 0) is 9.59 Å². The van der Waals surface area contributed by atoms with E-state index < -0.39 is 11.9 Å². The molecule has 0 saturated heterocycles. The van der Waals surface area contributed by atoms with Gasteiger partial charge in [-0.2, -0.15) is 0 Å². The number of hydrogen-bond donors (Lipinski definition) is 0. The molecule has 6 heteroatoms. The van der Waals surface area contributed by atoms with Crippen LogP contribution in [-0.4, -0.2) is 11.9 Å². The Morgan fingerprint density at radius 1 is 0.944 bits per heavy atom. The van der Waals surface area contributed by atoms with E-state index in [1.54, 1.807) is 0 Å². The van der Waals surface area contributed by atoms with Crippen molar-refractivity contribution < 1.29 is 78.9 Å². The van der Waals surface area contributed by atoms with Crippen molar-refractivity contribution in [3.63, 3.8) is 0 Å². The molecule has 0 aromatic rings. The van der Waals surface area contributed by atoms with Gasteiger partial charge in [0.05, 0.1) is 0 Å². The van der Waals surface area contributed by atoms with Gasteiger partial charge < -0.3 is 19.8 Å². The minimum Gasteiger partial charge on any atom is -0.550 e. The first kappa shape index (κ1) is 24.0. The smallest absolute Gasteiger partial charge is 0.550 e. The molecule has 0 heterocycles. The quantitative estimate of drug-likeness (QED) is 0.294. The van der Waals surface area contributed by atoms with Gasteiger partial charge in [-0.3, -0.25) is 0 Å². The summed E-state index contributed by atoms with van der Waals surface area (Å²) in [6.45, 7) is 2.02. The van der Waals surface area contributed by atoms with Gasteiger partial charge >= 0.3 is 59.1 Å². The van der Waals surface area contributed by atoms with Crippen molar-refractivity contribution >= 4 is 11.9 Å². The second-order valence-electron chi connectivity index (χ2n) is 4.13. The number of carboxylic acid groups (broad SMARTS) is 2. The molecular formula is C12H20Na2O4. The van der Waals surface area contributed by atoms with Crippen LogP contribution in [0.25, 0.3) is 0 Å². The fraction of sp³-hybridized carbons (Fsp3) is 0.833. The molecule has 0 aromatic heterocycles. The fourth-order valence-electron chi connectivity index (χ4n) is 1.67. The molecule has 4 nitrogen and oxygen atoms in total. The van der Waals surface area contributed by atoms with E-state index in [1.165, 1.54) is 0 Å². The van der Waals surface area contributed by atoms with E-state index in [2.05, 4.69) is 0 Å². The van der Waals surface area contributed by atoms with Crippen LogP contribution < -0.4 is 69.3 Å². The molecule has 94 valence electrons. The molecule has 0 aliphatic carbocycles. The van der Waals surface area contributed by atoms with Crippen molar-refractivity contribution in [2.45, 2.75) is 58.3 Å². The molecular weight excluding hydrogens is 254 g/mol. The molecule has 1 unspecified atom stereocenters. The van der Waals surface area contributed by atoms with Crippen LogP contribution in [0.15, 0.2) is 0 Å². The van der Waals surface area contributed by atoms with Gasteiger partial charge in [0, 0.05) is 11.9 Å². The van der Waals surface area contributed by atoms with E-state index in [4.69, 9.17) is 0 Å². The molecule has 1 atom stereocenters. The fourth-order valence-corrected chi connectivity index (χ4v) is 1.67. The third-order valence-electron chi connectivity index (χ3n) is 2.67. The second kappa shape index (κ2) is 16.0. The summed E-state index contributed by atoms with van der Waals surface area (Å²) in [7, 11) is 0. The molecule has 18 heavy (non-hydrogen) atoms. The van der Waals surface area contributed by atoms with Crippen molar-refractivity contribution in [2.75, 3.05) is 0 Å². The van der Waals surface area contributed by atoms with Gasteiger partial charge in [-0.25, -0.2) is 0 Å². The monoisotopic (exact) mass is 274 g/mol. The van der Waals surface area contributed by atoms with Crippen LogP contribution in [0.4, 0.5) is 0 Å². The summed E-state index contributed by atoms with van der Waals surface area (Å²) in [4.78, 5) is 20.9. The Balaban J connectivity index is -0.00000112. The van der Waals surface area contributed by atoms with Crippen LogP contribution >= 0.6 is 0 Å². The maximum absolute atomic E-state index is 10.8. The van der Waals surface area contributed by atoms with E-state index in [1.807, 2.05) is 6.92 Å². The van der Waals surface area contributed by atoms with E-state index >= 15 is 0 Å². The largest absolute Gasteiger partial charge is 1.00 e. The standard InChI is InChI=1S/C12H22O4.2Na/c1-2-3-7-10(12(15)16)8-5-4-6-9-11(13)14;;/h10H,2-9H2,1H3,(H,13,14)(H,15,16);;/q;2*+1/p-2. The third kappa shape index (κ3) is 15.0. The van der Waals surface area contributed by atoms with Gasteiger partial charge in [0.25, 0.3) is 0 Å². The minimum absolute atomic E-state index is 0. The van der Waals surface area contributed by atoms with E-state index in [9.17, 15) is 19.8 Å². The summed E-state index contributed by atoms with van der Waals surface area (Å²) in [6, 6.07) is 0. The zero-order valence-electron chi connectivity index (χ0n) is 11.9. The maximum atomic E-state index is 10.8. The molecule has 0 bridgehead atoms. The summed E-state index contributed by atoms with van der Waals surface area (Å²) in [6.07, 6.45) is 5.25. The number of aliphatic carboxylic acids is 2. The molecule has 0 saturated carbocycles. The second-order valence-corrected chi connectivity index (χ2v) is 4.13. The average Bonchev–Trinajstić information content (AvgIpc) is 2.21. The topological polar surface area (TPSA) is 80.3 Å². The Kier molecular flexibility index (Phi) is 21.3. The first-order valence-electron chi connectivity index (χ1n) is 5.98. The third-order valence-corrected chi connectivity index (χ3v) is 2.67. The molecule has 0 aliphatic heterocycles. The van der Waals surface area contributed by atoms with Gasteiger partial charge in [-0.15, -0.1) is 0 Å². The number of hydrogen-bond acceptors (Lipinski definition) is 4.